The summed E-state index contributed by atoms with van der Waals surface area (Å²) in [7, 11) is 3.10. The lowest BCUT2D eigenvalue weighted by Gasteiger charge is -2.28. The topological polar surface area (TPSA) is 117 Å². The summed E-state index contributed by atoms with van der Waals surface area (Å²) in [5.41, 5.74) is 9.70. The van der Waals surface area contributed by atoms with Crippen LogP contribution < -0.4 is 24.7 Å². The van der Waals surface area contributed by atoms with Crippen LogP contribution in [0.4, 0.5) is 0 Å². The quantitative estimate of drug-likeness (QED) is 0.241. The van der Waals surface area contributed by atoms with Gasteiger partial charge in [-0.1, -0.05) is 17.7 Å². The first kappa shape index (κ1) is 25.1. The van der Waals surface area contributed by atoms with Crippen LogP contribution in [0.3, 0.4) is 0 Å². The Balaban J connectivity index is 1.52. The predicted molar refractivity (Wildman–Crippen MR) is 141 cm³/mol. The number of benzene rings is 3. The Bertz CT molecular complexity index is 1680. The van der Waals surface area contributed by atoms with E-state index in [1.54, 1.807) is 69.7 Å². The molecular formula is C29H23ClN2O6. The van der Waals surface area contributed by atoms with Crippen LogP contribution in [0.15, 0.2) is 64.4 Å². The van der Waals surface area contributed by atoms with Crippen molar-refractivity contribution in [3.05, 3.63) is 93.0 Å². The Labute approximate surface area is 223 Å². The molecule has 4 aromatic rings. The number of carbonyl (C=O) groups is 1. The summed E-state index contributed by atoms with van der Waals surface area (Å²) in [4.78, 5) is 13.0. The summed E-state index contributed by atoms with van der Waals surface area (Å²) in [6.07, 6.45) is 0. The van der Waals surface area contributed by atoms with Gasteiger partial charge in [-0.2, -0.15) is 5.26 Å². The van der Waals surface area contributed by atoms with E-state index in [2.05, 4.69) is 6.07 Å². The fourth-order valence-electron chi connectivity index (χ4n) is 4.57. The van der Waals surface area contributed by atoms with E-state index in [1.165, 1.54) is 0 Å². The molecule has 0 bridgehead atoms. The molecule has 192 valence electrons. The molecule has 0 aliphatic carbocycles. The third-order valence-corrected chi connectivity index (χ3v) is 6.96. The molecule has 0 saturated heterocycles. The lowest BCUT2D eigenvalue weighted by atomic mass is 9.83. The van der Waals surface area contributed by atoms with Gasteiger partial charge in [0.25, 0.3) is 0 Å². The van der Waals surface area contributed by atoms with Crippen LogP contribution >= 0.6 is 11.6 Å². The van der Waals surface area contributed by atoms with E-state index in [1.807, 2.05) is 6.92 Å². The second kappa shape index (κ2) is 9.69. The van der Waals surface area contributed by atoms with E-state index < -0.39 is 11.9 Å². The van der Waals surface area contributed by atoms with E-state index in [0.717, 1.165) is 10.9 Å². The van der Waals surface area contributed by atoms with E-state index in [0.29, 0.717) is 44.5 Å². The highest BCUT2D eigenvalue weighted by Crippen LogP contribution is 2.46. The van der Waals surface area contributed by atoms with Crippen LogP contribution in [0.2, 0.25) is 5.02 Å². The highest BCUT2D eigenvalue weighted by molar-refractivity contribution is 6.32. The second-order valence-electron chi connectivity index (χ2n) is 8.78. The van der Waals surface area contributed by atoms with Crippen LogP contribution in [0.25, 0.3) is 11.0 Å². The van der Waals surface area contributed by atoms with Gasteiger partial charge in [0.05, 0.1) is 20.1 Å². The monoisotopic (exact) mass is 530 g/mol. The maximum atomic E-state index is 13.0. The van der Waals surface area contributed by atoms with Gasteiger partial charge in [-0.25, -0.2) is 4.79 Å². The Morgan fingerprint density at radius 2 is 1.79 bits per heavy atom. The zero-order chi connectivity index (χ0) is 27.1. The number of allylic oxidation sites excluding steroid dienone is 1. The maximum absolute atomic E-state index is 13.0. The largest absolute Gasteiger partial charge is 0.497 e. The third kappa shape index (κ3) is 4.17. The molecule has 1 aliphatic rings. The number of nitrogens with zero attached hydrogens (tertiary/aromatic N) is 1. The number of halogens is 1. The number of aryl methyl sites for hydroxylation is 2. The Hall–Kier alpha value is -4.61. The minimum absolute atomic E-state index is 0.0567. The van der Waals surface area contributed by atoms with Crippen molar-refractivity contribution >= 4 is 28.5 Å². The fraction of sp³-hybridized carbons (Fsp3) is 0.172. The number of nitriles is 1. The van der Waals surface area contributed by atoms with Gasteiger partial charge in [-0.15, -0.1) is 0 Å². The van der Waals surface area contributed by atoms with Crippen LogP contribution in [0.1, 0.15) is 38.7 Å². The van der Waals surface area contributed by atoms with Crippen molar-refractivity contribution in [2.75, 3.05) is 14.2 Å². The molecule has 2 heterocycles. The van der Waals surface area contributed by atoms with Gasteiger partial charge in [0.15, 0.2) is 0 Å². The van der Waals surface area contributed by atoms with Crippen molar-refractivity contribution in [3.8, 4) is 29.1 Å². The number of ether oxygens (including phenoxy) is 4. The number of hydrogen-bond donors (Lipinski definition) is 1. The minimum Gasteiger partial charge on any atom is -0.497 e. The van der Waals surface area contributed by atoms with Gasteiger partial charge in [0, 0.05) is 33.2 Å². The highest BCUT2D eigenvalue weighted by Gasteiger charge is 2.33. The Morgan fingerprint density at radius 3 is 2.50 bits per heavy atom. The highest BCUT2D eigenvalue weighted by atomic mass is 35.5. The van der Waals surface area contributed by atoms with Gasteiger partial charge in [0.1, 0.15) is 40.2 Å². The number of rotatable bonds is 5. The number of fused-ring (bicyclic) bond motifs is 2. The zero-order valence-electron chi connectivity index (χ0n) is 21.0. The lowest BCUT2D eigenvalue weighted by Crippen LogP contribution is -2.21. The van der Waals surface area contributed by atoms with Crippen molar-refractivity contribution in [2.24, 2.45) is 5.73 Å². The molecule has 1 aromatic heterocycles. The van der Waals surface area contributed by atoms with E-state index in [9.17, 15) is 10.1 Å². The average Bonchev–Trinajstić information content (AvgIpc) is 3.22. The fourth-order valence-corrected chi connectivity index (χ4v) is 4.74. The Morgan fingerprint density at radius 1 is 1.03 bits per heavy atom. The summed E-state index contributed by atoms with van der Waals surface area (Å²) in [5, 5.41) is 11.2. The van der Waals surface area contributed by atoms with E-state index in [-0.39, 0.29) is 23.0 Å². The number of carbonyl (C=O) groups excluding carboxylic acids is 1. The molecule has 8 nitrogen and oxygen atoms in total. The molecule has 2 N–H and O–H groups in total. The minimum atomic E-state index is -0.671. The molecule has 5 rings (SSSR count). The SMILES string of the molecule is COc1ccc(OC)c(C2C(C#N)=C(N)Oc3cc(OC(=O)c4oc5cc(C)c(Cl)cc5c4C)ccc32)c1. The first-order valence-electron chi connectivity index (χ1n) is 11.6. The van der Waals surface area contributed by atoms with E-state index >= 15 is 0 Å². The second-order valence-corrected chi connectivity index (χ2v) is 9.18. The summed E-state index contributed by atoms with van der Waals surface area (Å²) in [6, 6.07) is 15.9. The van der Waals surface area contributed by atoms with Crippen molar-refractivity contribution in [2.45, 2.75) is 19.8 Å². The molecular weight excluding hydrogens is 508 g/mol. The molecule has 1 aliphatic heterocycles. The molecule has 0 saturated carbocycles. The zero-order valence-corrected chi connectivity index (χ0v) is 21.8. The van der Waals surface area contributed by atoms with Crippen molar-refractivity contribution in [3.63, 3.8) is 0 Å². The first-order valence-corrected chi connectivity index (χ1v) is 12.0. The smallest absolute Gasteiger partial charge is 0.379 e. The molecule has 0 fully saturated rings. The van der Waals surface area contributed by atoms with Gasteiger partial charge >= 0.3 is 5.97 Å². The van der Waals surface area contributed by atoms with Gasteiger partial charge in [-0.05, 0) is 55.8 Å². The standard InChI is InChI=1S/C29H23ClN2O6/c1-14-9-24-19(12-22(14)30)15(2)27(37-24)29(33)36-17-5-7-18-25(11-17)38-28(32)21(13-31)26(18)20-10-16(34-3)6-8-23(20)35-4/h5-12,26H,32H2,1-4H3. The molecule has 0 radical (unpaired) electrons. The first-order chi connectivity index (χ1) is 18.2. The molecule has 9 heteroatoms. The lowest BCUT2D eigenvalue weighted by molar-refractivity contribution is 0.0702. The third-order valence-electron chi connectivity index (χ3n) is 6.55. The van der Waals surface area contributed by atoms with Crippen molar-refractivity contribution < 1.29 is 28.2 Å². The predicted octanol–water partition coefficient (Wildman–Crippen LogP) is 6.16. The maximum Gasteiger partial charge on any atom is 0.379 e. The van der Waals surface area contributed by atoms with Crippen molar-refractivity contribution in [1.29, 1.82) is 5.26 Å². The van der Waals surface area contributed by atoms with Gasteiger partial charge < -0.3 is 29.1 Å². The summed E-state index contributed by atoms with van der Waals surface area (Å²) >= 11 is 6.25. The number of furan rings is 1. The number of nitrogens with two attached hydrogens (primary N) is 1. The molecule has 0 amide bonds. The summed E-state index contributed by atoms with van der Waals surface area (Å²) in [5.74, 6) is 0.449. The van der Waals surface area contributed by atoms with Crippen LogP contribution in [-0.4, -0.2) is 20.2 Å². The molecule has 1 atom stereocenters. The molecule has 38 heavy (non-hydrogen) atoms. The van der Waals surface area contributed by atoms with Crippen LogP contribution in [0.5, 0.6) is 23.0 Å². The van der Waals surface area contributed by atoms with Gasteiger partial charge in [-0.3, -0.25) is 0 Å². The molecule has 0 spiro atoms. The molecule has 3 aromatic carbocycles. The normalized spacial score (nSPS) is 14.5. The summed E-state index contributed by atoms with van der Waals surface area (Å²) in [6.45, 7) is 3.63. The number of hydrogen-bond acceptors (Lipinski definition) is 8. The van der Waals surface area contributed by atoms with Crippen molar-refractivity contribution in [1.82, 2.24) is 0 Å². The summed E-state index contributed by atoms with van der Waals surface area (Å²) < 4.78 is 28.2. The average molecular weight is 531 g/mol. The number of esters is 1. The molecule has 1 unspecified atom stereocenters. The van der Waals surface area contributed by atoms with Gasteiger partial charge in [0.2, 0.25) is 11.6 Å². The Kier molecular flexibility index (Phi) is 6.39. The van der Waals surface area contributed by atoms with E-state index in [4.69, 9.17) is 40.7 Å². The number of methoxy groups -OCH3 is 2. The van der Waals surface area contributed by atoms with Crippen LogP contribution in [0, 0.1) is 25.2 Å². The van der Waals surface area contributed by atoms with Crippen LogP contribution in [-0.2, 0) is 0 Å².